The van der Waals surface area contributed by atoms with Crippen LogP contribution in [0.25, 0.3) is 0 Å². The van der Waals surface area contributed by atoms with Crippen molar-refractivity contribution >= 4 is 18.2 Å². The van der Waals surface area contributed by atoms with E-state index in [0.717, 1.165) is 0 Å². The predicted molar refractivity (Wildman–Crippen MR) is 55.0 cm³/mol. The van der Waals surface area contributed by atoms with Gasteiger partial charge in [-0.25, -0.2) is 0 Å². The lowest BCUT2D eigenvalue weighted by atomic mass is 10.3. The number of rotatable bonds is 6. The van der Waals surface area contributed by atoms with Gasteiger partial charge in [-0.2, -0.15) is 0 Å². The summed E-state index contributed by atoms with van der Waals surface area (Å²) in [5, 5.41) is 7.36. The zero-order valence-electron chi connectivity index (χ0n) is 9.00. The van der Waals surface area contributed by atoms with Crippen LogP contribution >= 0.6 is 0 Å². The van der Waals surface area contributed by atoms with Gasteiger partial charge in [0.1, 0.15) is 0 Å². The fraction of sp³-hybridized carbons (Fsp3) is 0.667. The van der Waals surface area contributed by atoms with Gasteiger partial charge in [-0.05, 0) is 20.3 Å². The molecule has 0 aliphatic carbocycles. The van der Waals surface area contributed by atoms with Crippen molar-refractivity contribution in [3.05, 3.63) is 0 Å². The molecule has 0 heterocycles. The molecule has 6 heteroatoms. The monoisotopic (exact) mass is 215 g/mol. The van der Waals surface area contributed by atoms with Gasteiger partial charge in [-0.15, -0.1) is 0 Å². The van der Waals surface area contributed by atoms with Gasteiger partial charge in [-0.3, -0.25) is 14.4 Å². The van der Waals surface area contributed by atoms with E-state index in [1.54, 1.807) is 13.8 Å². The van der Waals surface area contributed by atoms with Crippen LogP contribution in [0.3, 0.4) is 0 Å². The van der Waals surface area contributed by atoms with Gasteiger partial charge in [0, 0.05) is 19.1 Å². The lowest BCUT2D eigenvalue weighted by Gasteiger charge is -2.08. The molecule has 0 spiro atoms. The summed E-state index contributed by atoms with van der Waals surface area (Å²) < 4.78 is 0. The Morgan fingerprint density at radius 3 is 2.40 bits per heavy atom. The second-order valence-corrected chi connectivity index (χ2v) is 3.31. The average Bonchev–Trinajstić information content (AvgIpc) is 2.16. The summed E-state index contributed by atoms with van der Waals surface area (Å²) in [4.78, 5) is 32.0. The lowest BCUT2D eigenvalue weighted by molar-refractivity contribution is -0.139. The van der Waals surface area contributed by atoms with E-state index in [1.165, 1.54) is 0 Å². The van der Waals surface area contributed by atoms with Crippen LogP contribution in [0.15, 0.2) is 0 Å². The largest absolute Gasteiger partial charge is 0.359 e. The Hall–Kier alpha value is -1.59. The first kappa shape index (κ1) is 13.4. The van der Waals surface area contributed by atoms with Crippen LogP contribution in [0.1, 0.15) is 20.3 Å². The van der Waals surface area contributed by atoms with Crippen LogP contribution in [0.2, 0.25) is 0 Å². The summed E-state index contributed by atoms with van der Waals surface area (Å²) in [6.07, 6.45) is 1.19. The molecule has 0 saturated heterocycles. The van der Waals surface area contributed by atoms with Crippen molar-refractivity contribution in [1.29, 1.82) is 0 Å². The Morgan fingerprint density at radius 1 is 1.20 bits per heavy atom. The molecule has 0 atom stereocenters. The van der Waals surface area contributed by atoms with E-state index in [1.807, 2.05) is 0 Å². The van der Waals surface area contributed by atoms with Crippen molar-refractivity contribution in [2.45, 2.75) is 26.3 Å². The second-order valence-electron chi connectivity index (χ2n) is 3.31. The maximum atomic E-state index is 11.1. The van der Waals surface area contributed by atoms with Crippen LogP contribution in [0.4, 0.5) is 0 Å². The van der Waals surface area contributed by atoms with Crippen LogP contribution in [0, 0.1) is 0 Å². The fourth-order valence-corrected chi connectivity index (χ4v) is 0.859. The lowest BCUT2D eigenvalue weighted by Crippen LogP contribution is -2.43. The number of hydrogen-bond donors (Lipinski definition) is 3. The molecule has 0 aliphatic rings. The molecule has 6 nitrogen and oxygen atoms in total. The molecule has 0 aromatic carbocycles. The molecule has 0 rings (SSSR count). The molecule has 0 aromatic heterocycles. The SMILES string of the molecule is CC(C)NC(=O)C(=O)NCCCNC=O. The fourth-order valence-electron chi connectivity index (χ4n) is 0.859. The van der Waals surface area contributed by atoms with Gasteiger partial charge in [0.25, 0.3) is 0 Å². The third-order valence-corrected chi connectivity index (χ3v) is 1.49. The van der Waals surface area contributed by atoms with Crippen molar-refractivity contribution < 1.29 is 14.4 Å². The minimum Gasteiger partial charge on any atom is -0.359 e. The number of hydrogen-bond acceptors (Lipinski definition) is 3. The Kier molecular flexibility index (Phi) is 6.96. The van der Waals surface area contributed by atoms with E-state index >= 15 is 0 Å². The van der Waals surface area contributed by atoms with Crippen LogP contribution in [-0.2, 0) is 14.4 Å². The molecule has 0 aromatic rings. The van der Waals surface area contributed by atoms with Crippen molar-refractivity contribution in [3.8, 4) is 0 Å². The maximum Gasteiger partial charge on any atom is 0.309 e. The van der Waals surface area contributed by atoms with E-state index in [2.05, 4.69) is 16.0 Å². The number of nitrogens with one attached hydrogen (secondary N) is 3. The molecule has 0 aliphatic heterocycles. The molecule has 0 bridgehead atoms. The van der Waals surface area contributed by atoms with E-state index in [0.29, 0.717) is 25.9 Å². The highest BCUT2D eigenvalue weighted by atomic mass is 16.2. The number of amides is 3. The average molecular weight is 215 g/mol. The van der Waals surface area contributed by atoms with E-state index in [9.17, 15) is 14.4 Å². The molecule has 0 fully saturated rings. The molecule has 0 unspecified atom stereocenters. The van der Waals surface area contributed by atoms with Crippen LogP contribution < -0.4 is 16.0 Å². The Bertz CT molecular complexity index is 229. The molecule has 86 valence electrons. The van der Waals surface area contributed by atoms with Gasteiger partial charge in [0.05, 0.1) is 0 Å². The first-order valence-corrected chi connectivity index (χ1v) is 4.83. The van der Waals surface area contributed by atoms with E-state index in [-0.39, 0.29) is 6.04 Å². The van der Waals surface area contributed by atoms with Gasteiger partial charge in [0.2, 0.25) is 6.41 Å². The van der Waals surface area contributed by atoms with Crippen molar-refractivity contribution in [3.63, 3.8) is 0 Å². The summed E-state index contributed by atoms with van der Waals surface area (Å²) in [5.41, 5.74) is 0. The van der Waals surface area contributed by atoms with Gasteiger partial charge >= 0.3 is 11.8 Å². The third-order valence-electron chi connectivity index (χ3n) is 1.49. The standard InChI is InChI=1S/C9H17N3O3/c1-7(2)12-9(15)8(14)11-5-3-4-10-6-13/h6-7H,3-5H2,1-2H3,(H,10,13)(H,11,14)(H,12,15). The van der Waals surface area contributed by atoms with Crippen molar-refractivity contribution in [2.75, 3.05) is 13.1 Å². The maximum absolute atomic E-state index is 11.1. The first-order chi connectivity index (χ1) is 7.07. The normalized spacial score (nSPS) is 9.53. The molecule has 15 heavy (non-hydrogen) atoms. The first-order valence-electron chi connectivity index (χ1n) is 4.83. The molecular weight excluding hydrogens is 198 g/mol. The smallest absolute Gasteiger partial charge is 0.309 e. The van der Waals surface area contributed by atoms with E-state index < -0.39 is 11.8 Å². The molecule has 3 N–H and O–H groups in total. The summed E-state index contributed by atoms with van der Waals surface area (Å²) >= 11 is 0. The zero-order chi connectivity index (χ0) is 11.7. The van der Waals surface area contributed by atoms with Crippen molar-refractivity contribution in [2.24, 2.45) is 0 Å². The summed E-state index contributed by atoms with van der Waals surface area (Å²) in [5.74, 6) is -1.27. The predicted octanol–water partition coefficient (Wildman–Crippen LogP) is -1.24. The molecule has 0 radical (unpaired) electrons. The third kappa shape index (κ3) is 7.48. The topological polar surface area (TPSA) is 87.3 Å². The highest BCUT2D eigenvalue weighted by molar-refractivity contribution is 6.35. The molecule has 3 amide bonds. The molecule has 0 saturated carbocycles. The summed E-state index contributed by atoms with van der Waals surface area (Å²) in [7, 11) is 0. The Balaban J connectivity index is 3.56. The van der Waals surface area contributed by atoms with Gasteiger partial charge in [0.15, 0.2) is 0 Å². The highest BCUT2D eigenvalue weighted by Gasteiger charge is 2.12. The van der Waals surface area contributed by atoms with Crippen LogP contribution in [-0.4, -0.2) is 37.4 Å². The zero-order valence-corrected chi connectivity index (χ0v) is 9.00. The highest BCUT2D eigenvalue weighted by Crippen LogP contribution is 1.78. The number of carbonyl (C=O) groups is 3. The summed E-state index contributed by atoms with van der Waals surface area (Å²) in [6.45, 7) is 4.40. The Labute approximate surface area is 88.8 Å². The van der Waals surface area contributed by atoms with Crippen LogP contribution in [0.5, 0.6) is 0 Å². The minimum atomic E-state index is -0.644. The van der Waals surface area contributed by atoms with E-state index in [4.69, 9.17) is 0 Å². The Morgan fingerprint density at radius 2 is 1.87 bits per heavy atom. The van der Waals surface area contributed by atoms with Gasteiger partial charge in [-0.1, -0.05) is 0 Å². The second kappa shape index (κ2) is 7.78. The summed E-state index contributed by atoms with van der Waals surface area (Å²) in [6, 6.07) is -0.0556. The quantitative estimate of drug-likeness (QED) is 0.294. The number of carbonyl (C=O) groups excluding carboxylic acids is 3. The van der Waals surface area contributed by atoms with Gasteiger partial charge < -0.3 is 16.0 Å². The minimum absolute atomic E-state index is 0.0556. The molecular formula is C9H17N3O3. The van der Waals surface area contributed by atoms with Crippen molar-refractivity contribution in [1.82, 2.24) is 16.0 Å².